The minimum Gasteiger partial charge on any atom is -0.374 e. The van der Waals surface area contributed by atoms with Gasteiger partial charge < -0.3 is 4.90 Å². The van der Waals surface area contributed by atoms with E-state index in [1.807, 2.05) is 11.9 Å². The third-order valence-corrected chi connectivity index (χ3v) is 2.60. The van der Waals surface area contributed by atoms with Crippen LogP contribution in [0.4, 0.5) is 10.1 Å². The van der Waals surface area contributed by atoms with Gasteiger partial charge in [-0.05, 0) is 31.5 Å². The number of hydrogen-bond acceptors (Lipinski definition) is 2. The van der Waals surface area contributed by atoms with E-state index in [0.29, 0.717) is 5.56 Å². The van der Waals surface area contributed by atoms with Crippen LogP contribution in [-0.4, -0.2) is 19.4 Å². The molecule has 0 bridgehead atoms. The van der Waals surface area contributed by atoms with Crippen molar-refractivity contribution in [1.82, 2.24) is 0 Å². The van der Waals surface area contributed by atoms with Crippen molar-refractivity contribution in [1.29, 1.82) is 0 Å². The van der Waals surface area contributed by atoms with E-state index >= 15 is 0 Å². The Morgan fingerprint density at radius 2 is 2.12 bits per heavy atom. The summed E-state index contributed by atoms with van der Waals surface area (Å²) >= 11 is 0. The molecule has 0 N–H and O–H groups in total. The fourth-order valence-electron chi connectivity index (χ4n) is 1.64. The maximum absolute atomic E-state index is 13.1. The van der Waals surface area contributed by atoms with Gasteiger partial charge in [-0.3, -0.25) is 4.79 Å². The summed E-state index contributed by atoms with van der Waals surface area (Å²) in [6, 6.07) is 4.37. The van der Waals surface area contributed by atoms with Crippen molar-refractivity contribution in [3.63, 3.8) is 0 Å². The lowest BCUT2D eigenvalue weighted by Gasteiger charge is -2.21. The molecule has 1 aromatic carbocycles. The highest BCUT2D eigenvalue weighted by Gasteiger charge is 2.11. The molecule has 0 aliphatic carbocycles. The Labute approximate surface area is 96.1 Å². The topological polar surface area (TPSA) is 20.3 Å². The Balaban J connectivity index is 2.98. The van der Waals surface area contributed by atoms with E-state index in [4.69, 9.17) is 0 Å². The predicted molar refractivity (Wildman–Crippen MR) is 64.6 cm³/mol. The molecule has 0 saturated heterocycles. The fourth-order valence-corrected chi connectivity index (χ4v) is 1.64. The van der Waals surface area contributed by atoms with Gasteiger partial charge in [0.05, 0.1) is 0 Å². The second-order valence-electron chi connectivity index (χ2n) is 3.99. The van der Waals surface area contributed by atoms with Crippen LogP contribution in [-0.2, 0) is 0 Å². The first-order valence-corrected chi connectivity index (χ1v) is 5.58. The van der Waals surface area contributed by atoms with Gasteiger partial charge in [-0.15, -0.1) is 0 Å². The Morgan fingerprint density at radius 1 is 1.44 bits per heavy atom. The number of anilines is 1. The van der Waals surface area contributed by atoms with E-state index in [9.17, 15) is 9.18 Å². The van der Waals surface area contributed by atoms with Crippen LogP contribution in [0.15, 0.2) is 18.2 Å². The first-order chi connectivity index (χ1) is 7.56. The van der Waals surface area contributed by atoms with E-state index in [2.05, 4.69) is 6.92 Å². The first-order valence-electron chi connectivity index (χ1n) is 5.58. The molecule has 3 heteroatoms. The highest BCUT2D eigenvalue weighted by Crippen LogP contribution is 2.21. The molecule has 0 aromatic heterocycles. The first kappa shape index (κ1) is 12.7. The highest BCUT2D eigenvalue weighted by atomic mass is 19.1. The van der Waals surface area contributed by atoms with Crippen molar-refractivity contribution in [2.24, 2.45) is 0 Å². The van der Waals surface area contributed by atoms with E-state index < -0.39 is 0 Å². The molecule has 0 heterocycles. The standard InChI is InChI=1S/C13H18FNO/c1-4-5-8-15(3)13-7-6-11(14)9-12(13)10(2)16/h6-7,9H,4-5,8H2,1-3H3. The molecule has 0 amide bonds. The lowest BCUT2D eigenvalue weighted by atomic mass is 10.1. The Morgan fingerprint density at radius 3 is 2.69 bits per heavy atom. The second kappa shape index (κ2) is 5.64. The van der Waals surface area contributed by atoms with Gasteiger partial charge in [0.15, 0.2) is 5.78 Å². The van der Waals surface area contributed by atoms with E-state index in [1.165, 1.54) is 19.1 Å². The number of unbranched alkanes of at least 4 members (excludes halogenated alkanes) is 1. The van der Waals surface area contributed by atoms with Crippen LogP contribution < -0.4 is 4.90 Å². The molecule has 1 aromatic rings. The summed E-state index contributed by atoms with van der Waals surface area (Å²) in [6.07, 6.45) is 2.16. The molecule has 88 valence electrons. The molecule has 0 aliphatic rings. The smallest absolute Gasteiger partial charge is 0.161 e. The molecule has 0 fully saturated rings. The van der Waals surface area contributed by atoms with Gasteiger partial charge in [0.2, 0.25) is 0 Å². The minimum atomic E-state index is -0.363. The zero-order chi connectivity index (χ0) is 12.1. The number of halogens is 1. The number of nitrogens with zero attached hydrogens (tertiary/aromatic N) is 1. The summed E-state index contributed by atoms with van der Waals surface area (Å²) in [5, 5.41) is 0. The minimum absolute atomic E-state index is 0.0992. The van der Waals surface area contributed by atoms with Crippen molar-refractivity contribution >= 4 is 11.5 Å². The van der Waals surface area contributed by atoms with Crippen molar-refractivity contribution in [2.75, 3.05) is 18.5 Å². The average Bonchev–Trinajstić information content (AvgIpc) is 2.25. The summed E-state index contributed by atoms with van der Waals surface area (Å²) in [6.45, 7) is 4.46. The predicted octanol–water partition coefficient (Wildman–Crippen LogP) is 3.26. The number of carbonyl (C=O) groups is 1. The Kier molecular flexibility index (Phi) is 4.47. The number of rotatable bonds is 5. The number of hydrogen-bond donors (Lipinski definition) is 0. The summed E-state index contributed by atoms with van der Waals surface area (Å²) < 4.78 is 13.1. The summed E-state index contributed by atoms with van der Waals surface area (Å²) in [5.41, 5.74) is 1.26. The zero-order valence-electron chi connectivity index (χ0n) is 10.1. The van der Waals surface area contributed by atoms with Crippen molar-refractivity contribution in [3.05, 3.63) is 29.6 Å². The van der Waals surface area contributed by atoms with E-state index in [1.54, 1.807) is 6.07 Å². The van der Waals surface area contributed by atoms with Crippen molar-refractivity contribution in [3.8, 4) is 0 Å². The van der Waals surface area contributed by atoms with Gasteiger partial charge in [-0.25, -0.2) is 4.39 Å². The summed E-state index contributed by atoms with van der Waals surface area (Å²) in [5.74, 6) is -0.462. The third-order valence-electron chi connectivity index (χ3n) is 2.60. The quantitative estimate of drug-likeness (QED) is 0.714. The van der Waals surface area contributed by atoms with Gasteiger partial charge in [0.1, 0.15) is 5.82 Å². The van der Waals surface area contributed by atoms with Gasteiger partial charge in [-0.2, -0.15) is 0 Å². The molecule has 0 atom stereocenters. The van der Waals surface area contributed by atoms with Gasteiger partial charge in [0, 0.05) is 24.8 Å². The largest absolute Gasteiger partial charge is 0.374 e. The zero-order valence-corrected chi connectivity index (χ0v) is 10.1. The number of benzene rings is 1. The summed E-state index contributed by atoms with van der Waals surface area (Å²) in [7, 11) is 1.93. The highest BCUT2D eigenvalue weighted by molar-refractivity contribution is 5.99. The van der Waals surface area contributed by atoms with E-state index in [-0.39, 0.29) is 11.6 Å². The Bertz CT molecular complexity index is 376. The molecular formula is C13H18FNO. The maximum atomic E-state index is 13.1. The van der Waals surface area contributed by atoms with E-state index in [0.717, 1.165) is 25.1 Å². The molecule has 16 heavy (non-hydrogen) atoms. The van der Waals surface area contributed by atoms with Crippen LogP contribution in [0.1, 0.15) is 37.0 Å². The number of carbonyl (C=O) groups excluding carboxylic acids is 1. The van der Waals surface area contributed by atoms with Crippen LogP contribution >= 0.6 is 0 Å². The molecule has 1 rings (SSSR count). The van der Waals surface area contributed by atoms with Crippen molar-refractivity contribution in [2.45, 2.75) is 26.7 Å². The number of Topliss-reactive ketones (excluding diaryl/α,β-unsaturated/α-hetero) is 1. The van der Waals surface area contributed by atoms with Crippen LogP contribution in [0.25, 0.3) is 0 Å². The van der Waals surface area contributed by atoms with Crippen LogP contribution in [0.2, 0.25) is 0 Å². The van der Waals surface area contributed by atoms with Crippen LogP contribution in [0, 0.1) is 5.82 Å². The normalized spacial score (nSPS) is 10.2. The van der Waals surface area contributed by atoms with Crippen molar-refractivity contribution < 1.29 is 9.18 Å². The molecule has 0 aliphatic heterocycles. The van der Waals surface area contributed by atoms with Gasteiger partial charge in [0.25, 0.3) is 0 Å². The van der Waals surface area contributed by atoms with Crippen LogP contribution in [0.3, 0.4) is 0 Å². The lowest BCUT2D eigenvalue weighted by Crippen LogP contribution is -2.20. The third kappa shape index (κ3) is 3.05. The molecular weight excluding hydrogens is 205 g/mol. The molecule has 0 spiro atoms. The second-order valence-corrected chi connectivity index (χ2v) is 3.99. The maximum Gasteiger partial charge on any atom is 0.161 e. The average molecular weight is 223 g/mol. The molecule has 0 radical (unpaired) electrons. The molecule has 2 nitrogen and oxygen atoms in total. The van der Waals surface area contributed by atoms with Gasteiger partial charge in [-0.1, -0.05) is 13.3 Å². The fraction of sp³-hybridized carbons (Fsp3) is 0.462. The molecule has 0 unspecified atom stereocenters. The Hall–Kier alpha value is -1.38. The monoisotopic (exact) mass is 223 g/mol. The SMILES string of the molecule is CCCCN(C)c1ccc(F)cc1C(C)=O. The number of ketones is 1. The van der Waals surface area contributed by atoms with Gasteiger partial charge >= 0.3 is 0 Å². The van der Waals surface area contributed by atoms with Crippen LogP contribution in [0.5, 0.6) is 0 Å². The summed E-state index contributed by atoms with van der Waals surface area (Å²) in [4.78, 5) is 13.4. The lowest BCUT2D eigenvalue weighted by molar-refractivity contribution is 0.101. The molecule has 0 saturated carbocycles.